The Morgan fingerprint density at radius 3 is 2.56 bits per heavy atom. The maximum absolute atomic E-state index is 4.90. The van der Waals surface area contributed by atoms with Crippen LogP contribution in [0, 0.1) is 5.92 Å². The van der Waals surface area contributed by atoms with E-state index in [0.29, 0.717) is 5.92 Å². The van der Waals surface area contributed by atoms with Crippen molar-refractivity contribution in [2.24, 2.45) is 5.92 Å². The lowest BCUT2D eigenvalue weighted by Crippen LogP contribution is -2.12. The zero-order valence-corrected chi connectivity index (χ0v) is 12.3. The largest absolute Gasteiger partial charge is 0.345 e. The normalized spacial score (nSPS) is 19.2. The fraction of sp³-hybridized carbons (Fsp3) is 0.812. The van der Waals surface area contributed by atoms with Crippen LogP contribution in [0.4, 0.5) is 0 Å². The zero-order chi connectivity index (χ0) is 13.0. The fourth-order valence-corrected chi connectivity index (χ4v) is 3.23. The number of hydrogen-bond acceptors (Lipinski definition) is 1. The number of aromatic nitrogens is 2. The predicted molar refractivity (Wildman–Crippen MR) is 77.0 cm³/mol. The van der Waals surface area contributed by atoms with Crippen LogP contribution in [0.3, 0.4) is 0 Å². The molecule has 1 heterocycles. The number of aromatic amines is 1. The molecule has 0 saturated heterocycles. The quantitative estimate of drug-likeness (QED) is 0.782. The average molecular weight is 248 g/mol. The van der Waals surface area contributed by atoms with E-state index in [2.05, 4.69) is 25.8 Å². The third-order valence-electron chi connectivity index (χ3n) is 4.40. The number of rotatable bonds is 6. The molecule has 2 nitrogen and oxygen atoms in total. The highest BCUT2D eigenvalue weighted by molar-refractivity contribution is 5.20. The molecule has 0 bridgehead atoms. The van der Waals surface area contributed by atoms with Crippen molar-refractivity contribution < 1.29 is 0 Å². The summed E-state index contributed by atoms with van der Waals surface area (Å²) in [5.41, 5.74) is 2.81. The zero-order valence-electron chi connectivity index (χ0n) is 12.3. The van der Waals surface area contributed by atoms with E-state index in [0.717, 1.165) is 5.92 Å². The first-order valence-electron chi connectivity index (χ1n) is 7.86. The molecule has 2 rings (SSSR count). The van der Waals surface area contributed by atoms with Crippen LogP contribution < -0.4 is 0 Å². The van der Waals surface area contributed by atoms with Gasteiger partial charge in [-0.3, -0.25) is 0 Å². The molecule has 1 aliphatic rings. The summed E-state index contributed by atoms with van der Waals surface area (Å²) in [6.45, 7) is 6.86. The van der Waals surface area contributed by atoms with Crippen LogP contribution in [0.5, 0.6) is 0 Å². The molecule has 2 heteroatoms. The molecule has 0 spiro atoms. The van der Waals surface area contributed by atoms with Gasteiger partial charge in [-0.05, 0) is 38.0 Å². The molecule has 1 aromatic rings. The Kier molecular flexibility index (Phi) is 4.85. The number of nitrogens with zero attached hydrogens (tertiary/aromatic N) is 1. The monoisotopic (exact) mass is 248 g/mol. The standard InChI is InChI=1S/C16H28N2/c1-4-7-13(8-5-2)16-17-14-10-9-12(6-3)11-15(14)18-16/h12-13H,4-11H2,1-3H3,(H,17,18). The molecule has 0 aliphatic heterocycles. The van der Waals surface area contributed by atoms with Crippen molar-refractivity contribution in [2.75, 3.05) is 0 Å². The van der Waals surface area contributed by atoms with Crippen molar-refractivity contribution >= 4 is 0 Å². The predicted octanol–water partition coefficient (Wildman–Crippen LogP) is 4.61. The van der Waals surface area contributed by atoms with E-state index >= 15 is 0 Å². The van der Waals surface area contributed by atoms with Crippen molar-refractivity contribution in [2.45, 2.75) is 78.1 Å². The van der Waals surface area contributed by atoms with Gasteiger partial charge in [0.15, 0.2) is 0 Å². The number of hydrogen-bond donors (Lipinski definition) is 1. The molecular weight excluding hydrogens is 220 g/mol. The van der Waals surface area contributed by atoms with Gasteiger partial charge in [-0.2, -0.15) is 0 Å². The van der Waals surface area contributed by atoms with Crippen molar-refractivity contribution in [3.63, 3.8) is 0 Å². The van der Waals surface area contributed by atoms with Crippen LogP contribution in [0.25, 0.3) is 0 Å². The average Bonchev–Trinajstić information content (AvgIpc) is 2.81. The lowest BCUT2D eigenvalue weighted by atomic mass is 9.88. The first kappa shape index (κ1) is 13.6. The van der Waals surface area contributed by atoms with Gasteiger partial charge in [0, 0.05) is 11.6 Å². The molecule has 0 aromatic carbocycles. The smallest absolute Gasteiger partial charge is 0.109 e. The van der Waals surface area contributed by atoms with E-state index in [-0.39, 0.29) is 0 Å². The molecule has 0 radical (unpaired) electrons. The van der Waals surface area contributed by atoms with Crippen LogP contribution in [0.2, 0.25) is 0 Å². The number of aryl methyl sites for hydroxylation is 1. The first-order valence-corrected chi connectivity index (χ1v) is 7.86. The van der Waals surface area contributed by atoms with Crippen molar-refractivity contribution in [1.82, 2.24) is 9.97 Å². The van der Waals surface area contributed by atoms with Gasteiger partial charge in [0.25, 0.3) is 0 Å². The molecule has 18 heavy (non-hydrogen) atoms. The highest BCUT2D eigenvalue weighted by Crippen LogP contribution is 2.30. The topological polar surface area (TPSA) is 28.7 Å². The molecule has 0 saturated carbocycles. The van der Waals surface area contributed by atoms with Gasteiger partial charge >= 0.3 is 0 Å². The molecular formula is C16H28N2. The second-order valence-corrected chi connectivity index (χ2v) is 5.84. The van der Waals surface area contributed by atoms with Gasteiger partial charge in [-0.25, -0.2) is 4.98 Å². The Labute approximate surface area is 112 Å². The highest BCUT2D eigenvalue weighted by atomic mass is 14.9. The van der Waals surface area contributed by atoms with E-state index in [1.54, 1.807) is 0 Å². The summed E-state index contributed by atoms with van der Waals surface area (Å²) in [5.74, 6) is 2.81. The van der Waals surface area contributed by atoms with E-state index in [4.69, 9.17) is 4.98 Å². The fourth-order valence-electron chi connectivity index (χ4n) is 3.23. The maximum atomic E-state index is 4.90. The second-order valence-electron chi connectivity index (χ2n) is 5.84. The summed E-state index contributed by atoms with van der Waals surface area (Å²) >= 11 is 0. The molecule has 1 aliphatic carbocycles. The minimum atomic E-state index is 0.658. The summed E-state index contributed by atoms with van der Waals surface area (Å²) < 4.78 is 0. The van der Waals surface area contributed by atoms with Crippen LogP contribution in [-0.2, 0) is 12.8 Å². The Balaban J connectivity index is 2.12. The summed E-state index contributed by atoms with van der Waals surface area (Å²) in [6, 6.07) is 0. The third-order valence-corrected chi connectivity index (χ3v) is 4.40. The number of fused-ring (bicyclic) bond motifs is 1. The van der Waals surface area contributed by atoms with Gasteiger partial charge in [-0.1, -0.05) is 40.0 Å². The lowest BCUT2D eigenvalue weighted by Gasteiger charge is -2.19. The van der Waals surface area contributed by atoms with Crippen LogP contribution in [0.1, 0.15) is 82.4 Å². The lowest BCUT2D eigenvalue weighted by molar-refractivity contribution is 0.438. The molecule has 1 aromatic heterocycles. The molecule has 1 unspecified atom stereocenters. The van der Waals surface area contributed by atoms with Crippen LogP contribution >= 0.6 is 0 Å². The van der Waals surface area contributed by atoms with E-state index < -0.39 is 0 Å². The van der Waals surface area contributed by atoms with Gasteiger partial charge in [0.05, 0.1) is 5.69 Å². The minimum absolute atomic E-state index is 0.658. The van der Waals surface area contributed by atoms with Gasteiger partial charge in [0.2, 0.25) is 0 Å². The van der Waals surface area contributed by atoms with E-state index in [1.807, 2.05) is 0 Å². The number of H-pyrrole nitrogens is 1. The van der Waals surface area contributed by atoms with Gasteiger partial charge in [-0.15, -0.1) is 0 Å². The molecule has 102 valence electrons. The minimum Gasteiger partial charge on any atom is -0.345 e. The molecule has 0 amide bonds. The SMILES string of the molecule is CCCC(CCC)c1nc2c([nH]1)CC(CC)CC2. The Bertz CT molecular complexity index is 361. The van der Waals surface area contributed by atoms with Crippen LogP contribution in [0.15, 0.2) is 0 Å². The van der Waals surface area contributed by atoms with E-state index in [1.165, 1.54) is 68.6 Å². The van der Waals surface area contributed by atoms with Crippen molar-refractivity contribution in [3.05, 3.63) is 17.2 Å². The van der Waals surface area contributed by atoms with E-state index in [9.17, 15) is 0 Å². The first-order chi connectivity index (χ1) is 8.78. The Hall–Kier alpha value is -0.790. The second kappa shape index (κ2) is 6.40. The van der Waals surface area contributed by atoms with Gasteiger partial charge in [0.1, 0.15) is 5.82 Å². The third kappa shape index (κ3) is 2.96. The highest BCUT2D eigenvalue weighted by Gasteiger charge is 2.23. The van der Waals surface area contributed by atoms with Crippen molar-refractivity contribution in [3.8, 4) is 0 Å². The summed E-state index contributed by atoms with van der Waals surface area (Å²) in [6.07, 6.45) is 10.1. The molecule has 0 fully saturated rings. The maximum Gasteiger partial charge on any atom is 0.109 e. The van der Waals surface area contributed by atoms with Crippen LogP contribution in [-0.4, -0.2) is 9.97 Å². The Morgan fingerprint density at radius 1 is 1.22 bits per heavy atom. The number of nitrogens with one attached hydrogen (secondary N) is 1. The van der Waals surface area contributed by atoms with Gasteiger partial charge < -0.3 is 4.98 Å². The molecule has 1 N–H and O–H groups in total. The number of imidazole rings is 1. The summed E-state index contributed by atoms with van der Waals surface area (Å²) in [5, 5.41) is 0. The molecule has 1 atom stereocenters. The van der Waals surface area contributed by atoms with Crippen molar-refractivity contribution in [1.29, 1.82) is 0 Å². The summed E-state index contributed by atoms with van der Waals surface area (Å²) in [7, 11) is 0. The Morgan fingerprint density at radius 2 is 1.94 bits per heavy atom. The summed E-state index contributed by atoms with van der Waals surface area (Å²) in [4.78, 5) is 8.56.